The summed E-state index contributed by atoms with van der Waals surface area (Å²) in [5, 5.41) is 0. The van der Waals surface area contributed by atoms with Gasteiger partial charge in [0.2, 0.25) is 10.0 Å². The average molecular weight is 331 g/mol. The third-order valence-electron chi connectivity index (χ3n) is 4.32. The molecule has 0 unspecified atom stereocenters. The minimum atomic E-state index is -3.55. The highest BCUT2D eigenvalue weighted by Crippen LogP contribution is 2.26. The van der Waals surface area contributed by atoms with Crippen LogP contribution < -0.4 is 9.46 Å². The van der Waals surface area contributed by atoms with E-state index in [4.69, 9.17) is 4.74 Å². The largest absolute Gasteiger partial charge is 0.497 e. The van der Waals surface area contributed by atoms with Crippen LogP contribution in [-0.4, -0.2) is 15.5 Å². The number of fused-ring (bicyclic) bond motifs is 1. The predicted octanol–water partition coefficient (Wildman–Crippen LogP) is 3.22. The number of sulfonamides is 1. The highest BCUT2D eigenvalue weighted by atomic mass is 32.2. The molecule has 2 aromatic rings. The molecule has 1 aliphatic carbocycles. The summed E-state index contributed by atoms with van der Waals surface area (Å²) in [7, 11) is -2.00. The van der Waals surface area contributed by atoms with E-state index in [1.54, 1.807) is 31.4 Å². The molecular weight excluding hydrogens is 310 g/mol. The maximum atomic E-state index is 12.5. The van der Waals surface area contributed by atoms with Crippen molar-refractivity contribution in [3.8, 4) is 5.75 Å². The minimum absolute atomic E-state index is 0.242. The van der Waals surface area contributed by atoms with Gasteiger partial charge in [-0.3, -0.25) is 0 Å². The Hall–Kier alpha value is -1.85. The van der Waals surface area contributed by atoms with E-state index in [1.165, 1.54) is 17.5 Å². The van der Waals surface area contributed by atoms with E-state index < -0.39 is 10.0 Å². The summed E-state index contributed by atoms with van der Waals surface area (Å²) in [4.78, 5) is 0.242. The van der Waals surface area contributed by atoms with E-state index in [9.17, 15) is 8.42 Å². The summed E-state index contributed by atoms with van der Waals surface area (Å²) in [5.41, 5.74) is 3.74. The molecule has 0 fully saturated rings. The van der Waals surface area contributed by atoms with Crippen molar-refractivity contribution < 1.29 is 13.2 Å². The number of ether oxygens (including phenoxy) is 1. The fourth-order valence-electron chi connectivity index (χ4n) is 2.98. The van der Waals surface area contributed by atoms with Crippen LogP contribution in [0.5, 0.6) is 5.75 Å². The van der Waals surface area contributed by atoms with Crippen LogP contribution in [0.2, 0.25) is 0 Å². The first-order valence-corrected chi connectivity index (χ1v) is 9.26. The summed E-state index contributed by atoms with van der Waals surface area (Å²) >= 11 is 0. The summed E-state index contributed by atoms with van der Waals surface area (Å²) in [6.45, 7) is 1.87. The summed E-state index contributed by atoms with van der Waals surface area (Å²) in [6, 6.07) is 12.4. The fraction of sp³-hybridized carbons (Fsp3) is 0.333. The van der Waals surface area contributed by atoms with Gasteiger partial charge < -0.3 is 4.74 Å². The number of rotatable bonds is 5. The van der Waals surface area contributed by atoms with Crippen molar-refractivity contribution in [1.29, 1.82) is 0 Å². The zero-order valence-electron chi connectivity index (χ0n) is 13.4. The van der Waals surface area contributed by atoms with Crippen LogP contribution in [0.4, 0.5) is 0 Å². The van der Waals surface area contributed by atoms with E-state index in [-0.39, 0.29) is 10.9 Å². The number of methoxy groups -OCH3 is 1. The molecule has 122 valence electrons. The molecule has 5 heteroatoms. The van der Waals surface area contributed by atoms with Gasteiger partial charge in [-0.15, -0.1) is 0 Å². The fourth-order valence-corrected chi connectivity index (χ4v) is 4.22. The zero-order chi connectivity index (χ0) is 16.4. The molecule has 0 saturated heterocycles. The topological polar surface area (TPSA) is 55.4 Å². The molecule has 0 heterocycles. The van der Waals surface area contributed by atoms with Crippen LogP contribution in [-0.2, 0) is 22.9 Å². The van der Waals surface area contributed by atoms with Gasteiger partial charge in [0.1, 0.15) is 5.75 Å². The van der Waals surface area contributed by atoms with Gasteiger partial charge in [0.05, 0.1) is 12.0 Å². The van der Waals surface area contributed by atoms with Crippen molar-refractivity contribution in [1.82, 2.24) is 4.72 Å². The van der Waals surface area contributed by atoms with Crippen molar-refractivity contribution in [3.63, 3.8) is 0 Å². The number of aryl methyl sites for hydroxylation is 2. The van der Waals surface area contributed by atoms with Gasteiger partial charge >= 0.3 is 0 Å². The predicted molar refractivity (Wildman–Crippen MR) is 90.2 cm³/mol. The van der Waals surface area contributed by atoms with Gasteiger partial charge in [-0.05, 0) is 67.1 Å². The maximum absolute atomic E-state index is 12.5. The number of benzene rings is 2. The van der Waals surface area contributed by atoms with Gasteiger partial charge in [0, 0.05) is 6.04 Å². The van der Waals surface area contributed by atoms with Crippen molar-refractivity contribution >= 4 is 10.0 Å². The highest BCUT2D eigenvalue weighted by Gasteiger charge is 2.20. The molecule has 1 N–H and O–H groups in total. The molecule has 0 bridgehead atoms. The minimum Gasteiger partial charge on any atom is -0.497 e. The van der Waals surface area contributed by atoms with E-state index in [2.05, 4.69) is 16.9 Å². The standard InChI is InChI=1S/C18H21NO3S/c1-13(15-7-6-14-4-3-5-16(14)12-15)19-23(20,21)18-10-8-17(22-2)9-11-18/h6-13,19H,3-5H2,1-2H3/t13-/m1/s1. The van der Waals surface area contributed by atoms with Crippen LogP contribution in [0.25, 0.3) is 0 Å². The monoisotopic (exact) mass is 331 g/mol. The Kier molecular flexibility index (Phi) is 4.41. The van der Waals surface area contributed by atoms with E-state index in [0.29, 0.717) is 5.75 Å². The molecule has 0 radical (unpaired) electrons. The zero-order valence-corrected chi connectivity index (χ0v) is 14.2. The third kappa shape index (κ3) is 3.41. The Balaban J connectivity index is 1.79. The lowest BCUT2D eigenvalue weighted by atomic mass is 10.0. The Labute approximate surface area is 137 Å². The molecule has 23 heavy (non-hydrogen) atoms. The molecule has 0 amide bonds. The molecule has 1 aliphatic rings. The summed E-state index contributed by atoms with van der Waals surface area (Å²) < 4.78 is 32.8. The van der Waals surface area contributed by atoms with Crippen molar-refractivity contribution in [2.45, 2.75) is 37.1 Å². The summed E-state index contributed by atoms with van der Waals surface area (Å²) in [6.07, 6.45) is 3.40. The molecule has 2 aromatic carbocycles. The van der Waals surface area contributed by atoms with Crippen LogP contribution in [0.1, 0.15) is 36.1 Å². The Morgan fingerprint density at radius 3 is 2.43 bits per heavy atom. The Morgan fingerprint density at radius 1 is 1.04 bits per heavy atom. The quantitative estimate of drug-likeness (QED) is 0.915. The van der Waals surface area contributed by atoms with Crippen molar-refractivity contribution in [2.24, 2.45) is 0 Å². The third-order valence-corrected chi connectivity index (χ3v) is 5.88. The second-order valence-electron chi connectivity index (χ2n) is 5.90. The molecule has 0 aliphatic heterocycles. The average Bonchev–Trinajstić information content (AvgIpc) is 3.02. The van der Waals surface area contributed by atoms with Crippen molar-refractivity contribution in [2.75, 3.05) is 7.11 Å². The van der Waals surface area contributed by atoms with Crippen LogP contribution >= 0.6 is 0 Å². The smallest absolute Gasteiger partial charge is 0.241 e. The van der Waals surface area contributed by atoms with Gasteiger partial charge in [-0.25, -0.2) is 13.1 Å². The molecule has 3 rings (SSSR count). The van der Waals surface area contributed by atoms with Gasteiger partial charge in [0.15, 0.2) is 0 Å². The second kappa shape index (κ2) is 6.34. The summed E-state index contributed by atoms with van der Waals surface area (Å²) in [5.74, 6) is 0.635. The normalized spacial score (nSPS) is 15.2. The van der Waals surface area contributed by atoms with Crippen LogP contribution in [0, 0.1) is 0 Å². The van der Waals surface area contributed by atoms with Gasteiger partial charge in [0.25, 0.3) is 0 Å². The van der Waals surface area contributed by atoms with Crippen molar-refractivity contribution in [3.05, 3.63) is 59.2 Å². The van der Waals surface area contributed by atoms with Crippen LogP contribution in [0.15, 0.2) is 47.4 Å². The molecular formula is C18H21NO3S. The molecule has 4 nitrogen and oxygen atoms in total. The maximum Gasteiger partial charge on any atom is 0.241 e. The van der Waals surface area contributed by atoms with Gasteiger partial charge in [-0.1, -0.05) is 18.2 Å². The first kappa shape index (κ1) is 16.0. The Bertz CT molecular complexity index is 798. The lowest BCUT2D eigenvalue weighted by molar-refractivity contribution is 0.414. The second-order valence-corrected chi connectivity index (χ2v) is 7.61. The molecule has 0 aromatic heterocycles. The van der Waals surface area contributed by atoms with E-state index in [1.807, 2.05) is 13.0 Å². The first-order chi connectivity index (χ1) is 11.0. The molecule has 0 spiro atoms. The first-order valence-electron chi connectivity index (χ1n) is 7.78. The Morgan fingerprint density at radius 2 is 1.74 bits per heavy atom. The van der Waals surface area contributed by atoms with Crippen LogP contribution in [0.3, 0.4) is 0 Å². The van der Waals surface area contributed by atoms with E-state index in [0.717, 1.165) is 18.4 Å². The lowest BCUT2D eigenvalue weighted by Crippen LogP contribution is -2.27. The SMILES string of the molecule is COc1ccc(S(=O)(=O)N[C@H](C)c2ccc3c(c2)CCC3)cc1. The molecule has 1 atom stereocenters. The number of nitrogens with one attached hydrogen (secondary N) is 1. The van der Waals surface area contributed by atoms with Gasteiger partial charge in [-0.2, -0.15) is 0 Å². The number of hydrogen-bond acceptors (Lipinski definition) is 3. The highest BCUT2D eigenvalue weighted by molar-refractivity contribution is 7.89. The molecule has 0 saturated carbocycles. The van der Waals surface area contributed by atoms with E-state index >= 15 is 0 Å². The number of hydrogen-bond donors (Lipinski definition) is 1. The lowest BCUT2D eigenvalue weighted by Gasteiger charge is -2.16.